The van der Waals surface area contributed by atoms with E-state index in [2.05, 4.69) is 6.92 Å². The van der Waals surface area contributed by atoms with Crippen LogP contribution in [0.1, 0.15) is 87.6 Å². The Morgan fingerprint density at radius 3 is 2.25 bits per heavy atom. The van der Waals surface area contributed by atoms with E-state index in [4.69, 9.17) is 4.74 Å². The van der Waals surface area contributed by atoms with Gasteiger partial charge < -0.3 is 9.84 Å². The van der Waals surface area contributed by atoms with Gasteiger partial charge in [0.1, 0.15) is 17.1 Å². The molecule has 1 N–H and O–H groups in total. The number of carbonyl (C=O) groups excluding carboxylic acids is 1. The number of ketones is 1. The molecule has 6 heteroatoms. The summed E-state index contributed by atoms with van der Waals surface area (Å²) in [5.41, 5.74) is -1.54. The highest BCUT2D eigenvalue weighted by Gasteiger charge is 2.39. The van der Waals surface area contributed by atoms with E-state index in [1.54, 1.807) is 6.92 Å². The molecule has 1 aliphatic carbocycles. The van der Waals surface area contributed by atoms with Gasteiger partial charge in [-0.3, -0.25) is 4.79 Å². The monoisotopic (exact) mass is 400 g/mol. The van der Waals surface area contributed by atoms with Crippen LogP contribution in [-0.2, 0) is 6.18 Å². The minimum atomic E-state index is -4.79. The highest BCUT2D eigenvalue weighted by atomic mass is 19.4. The number of benzene rings is 1. The third kappa shape index (κ3) is 5.89. The molecule has 1 aliphatic rings. The lowest BCUT2D eigenvalue weighted by Gasteiger charge is -2.28. The van der Waals surface area contributed by atoms with E-state index >= 15 is 0 Å². The fourth-order valence-corrected chi connectivity index (χ4v) is 4.25. The number of Topliss-reactive ketones (excluding diaryl/α,β-unsaturated/α-hetero) is 1. The minimum Gasteiger partial charge on any atom is -0.506 e. The molecule has 1 aromatic carbocycles. The van der Waals surface area contributed by atoms with Gasteiger partial charge in [0, 0.05) is 6.42 Å². The standard InChI is InChI=1S/C22H31F3O3/c1-3-6-15-9-11-16(12-10-15)7-5-8-18(26)17-13-14-19(28-4-2)20(21(17)27)22(23,24)25/h13-16,27H,3-12H2,1-2H3. The molecule has 0 bridgehead atoms. The summed E-state index contributed by atoms with van der Waals surface area (Å²) >= 11 is 0. The van der Waals surface area contributed by atoms with Gasteiger partial charge in [-0.2, -0.15) is 13.2 Å². The predicted octanol–water partition coefficient (Wildman–Crippen LogP) is 6.77. The summed E-state index contributed by atoms with van der Waals surface area (Å²) in [6, 6.07) is 2.35. The summed E-state index contributed by atoms with van der Waals surface area (Å²) in [5, 5.41) is 10.1. The Kier molecular flexibility index (Phi) is 8.20. The number of rotatable bonds is 9. The van der Waals surface area contributed by atoms with Crippen molar-refractivity contribution >= 4 is 5.78 Å². The van der Waals surface area contributed by atoms with Gasteiger partial charge in [0.15, 0.2) is 5.78 Å². The second-order valence-electron chi connectivity index (χ2n) is 7.76. The summed E-state index contributed by atoms with van der Waals surface area (Å²) in [6.07, 6.45) is 4.22. The molecule has 0 aliphatic heterocycles. The van der Waals surface area contributed by atoms with Crippen LogP contribution in [0.2, 0.25) is 0 Å². The van der Waals surface area contributed by atoms with E-state index in [1.807, 2.05) is 0 Å². The maximum absolute atomic E-state index is 13.3. The number of ether oxygens (including phenoxy) is 1. The van der Waals surface area contributed by atoms with E-state index < -0.39 is 29.0 Å². The van der Waals surface area contributed by atoms with Gasteiger partial charge in [0.2, 0.25) is 0 Å². The zero-order chi connectivity index (χ0) is 20.7. The second-order valence-corrected chi connectivity index (χ2v) is 7.76. The first kappa shape index (κ1) is 22.6. The number of alkyl halides is 3. The summed E-state index contributed by atoms with van der Waals surface area (Å²) < 4.78 is 44.9. The molecule has 28 heavy (non-hydrogen) atoms. The van der Waals surface area contributed by atoms with Crippen molar-refractivity contribution in [3.8, 4) is 11.5 Å². The van der Waals surface area contributed by atoms with Crippen molar-refractivity contribution in [2.75, 3.05) is 6.61 Å². The number of carbonyl (C=O) groups is 1. The molecular weight excluding hydrogens is 369 g/mol. The van der Waals surface area contributed by atoms with Crippen LogP contribution < -0.4 is 4.74 Å². The zero-order valence-electron chi connectivity index (χ0n) is 16.8. The van der Waals surface area contributed by atoms with Crippen molar-refractivity contribution in [3.63, 3.8) is 0 Å². The Morgan fingerprint density at radius 1 is 1.11 bits per heavy atom. The summed E-state index contributed by atoms with van der Waals surface area (Å²) in [4.78, 5) is 12.4. The van der Waals surface area contributed by atoms with Crippen molar-refractivity contribution in [1.29, 1.82) is 0 Å². The average Bonchev–Trinajstić information content (AvgIpc) is 2.62. The predicted molar refractivity (Wildman–Crippen MR) is 103 cm³/mol. The number of phenols is 1. The van der Waals surface area contributed by atoms with Gasteiger partial charge in [-0.25, -0.2) is 0 Å². The van der Waals surface area contributed by atoms with Crippen LogP contribution in [0.3, 0.4) is 0 Å². The molecule has 2 rings (SSSR count). The molecule has 0 unspecified atom stereocenters. The lowest BCUT2D eigenvalue weighted by atomic mass is 9.78. The van der Waals surface area contributed by atoms with Gasteiger partial charge >= 0.3 is 6.18 Å². The van der Waals surface area contributed by atoms with Gasteiger partial charge in [-0.05, 0) is 37.3 Å². The molecule has 0 saturated heterocycles. The van der Waals surface area contributed by atoms with Crippen LogP contribution in [0.15, 0.2) is 12.1 Å². The summed E-state index contributed by atoms with van der Waals surface area (Å²) in [6.45, 7) is 3.81. The molecule has 1 fully saturated rings. The smallest absolute Gasteiger partial charge is 0.423 e. The van der Waals surface area contributed by atoms with Crippen LogP contribution in [0.25, 0.3) is 0 Å². The molecule has 0 radical (unpaired) electrons. The van der Waals surface area contributed by atoms with Gasteiger partial charge in [0.25, 0.3) is 0 Å². The summed E-state index contributed by atoms with van der Waals surface area (Å²) in [5.74, 6) is -0.507. The lowest BCUT2D eigenvalue weighted by Crippen LogP contribution is -2.15. The fourth-order valence-electron chi connectivity index (χ4n) is 4.25. The quantitative estimate of drug-likeness (QED) is 0.465. The number of aromatic hydroxyl groups is 1. The zero-order valence-corrected chi connectivity index (χ0v) is 16.8. The molecule has 0 heterocycles. The lowest BCUT2D eigenvalue weighted by molar-refractivity contribution is -0.140. The first-order valence-electron chi connectivity index (χ1n) is 10.4. The van der Waals surface area contributed by atoms with Gasteiger partial charge in [-0.1, -0.05) is 51.9 Å². The maximum atomic E-state index is 13.3. The van der Waals surface area contributed by atoms with Crippen LogP contribution in [0, 0.1) is 11.8 Å². The second kappa shape index (κ2) is 10.2. The van der Waals surface area contributed by atoms with E-state index in [-0.39, 0.29) is 18.6 Å². The van der Waals surface area contributed by atoms with Crippen LogP contribution >= 0.6 is 0 Å². The van der Waals surface area contributed by atoms with Crippen LogP contribution in [0.5, 0.6) is 11.5 Å². The van der Waals surface area contributed by atoms with E-state index in [0.717, 1.165) is 18.4 Å². The highest BCUT2D eigenvalue weighted by molar-refractivity contribution is 5.99. The van der Waals surface area contributed by atoms with Crippen molar-refractivity contribution < 1.29 is 27.8 Å². The topological polar surface area (TPSA) is 46.5 Å². The third-order valence-electron chi connectivity index (χ3n) is 5.70. The Bertz CT molecular complexity index is 647. The molecule has 158 valence electrons. The Morgan fingerprint density at radius 2 is 1.71 bits per heavy atom. The number of hydrogen-bond acceptors (Lipinski definition) is 3. The number of hydrogen-bond donors (Lipinski definition) is 1. The third-order valence-corrected chi connectivity index (χ3v) is 5.70. The van der Waals surface area contributed by atoms with Crippen molar-refractivity contribution in [3.05, 3.63) is 23.3 Å². The molecule has 0 spiro atoms. The van der Waals surface area contributed by atoms with E-state index in [1.165, 1.54) is 44.6 Å². The highest BCUT2D eigenvalue weighted by Crippen LogP contribution is 2.44. The number of phenolic OH excluding ortho intramolecular Hbond substituents is 1. The molecular formula is C22H31F3O3. The molecule has 0 aromatic heterocycles. The Hall–Kier alpha value is -1.72. The minimum absolute atomic E-state index is 0.0380. The molecule has 3 nitrogen and oxygen atoms in total. The summed E-state index contributed by atoms with van der Waals surface area (Å²) in [7, 11) is 0. The largest absolute Gasteiger partial charge is 0.506 e. The average molecular weight is 400 g/mol. The van der Waals surface area contributed by atoms with Crippen molar-refractivity contribution in [1.82, 2.24) is 0 Å². The first-order valence-corrected chi connectivity index (χ1v) is 10.4. The molecule has 0 atom stereocenters. The van der Waals surface area contributed by atoms with E-state index in [9.17, 15) is 23.1 Å². The molecule has 1 aromatic rings. The molecule has 1 saturated carbocycles. The van der Waals surface area contributed by atoms with Crippen molar-refractivity contribution in [2.45, 2.75) is 77.8 Å². The SMILES string of the molecule is CCCC1CCC(CCCC(=O)c2ccc(OCC)c(C(F)(F)F)c2O)CC1. The van der Waals surface area contributed by atoms with Gasteiger partial charge in [-0.15, -0.1) is 0 Å². The normalized spacial score (nSPS) is 20.2. The Balaban J connectivity index is 1.95. The van der Waals surface area contributed by atoms with Crippen LogP contribution in [0.4, 0.5) is 13.2 Å². The molecule has 0 amide bonds. The van der Waals surface area contributed by atoms with Gasteiger partial charge in [0.05, 0.1) is 12.2 Å². The fraction of sp³-hybridized carbons (Fsp3) is 0.682. The maximum Gasteiger partial charge on any atom is 0.423 e. The first-order chi connectivity index (χ1) is 13.3. The Labute approximate surface area is 165 Å². The van der Waals surface area contributed by atoms with Crippen molar-refractivity contribution in [2.24, 2.45) is 11.8 Å². The van der Waals surface area contributed by atoms with Crippen LogP contribution in [-0.4, -0.2) is 17.5 Å². The van der Waals surface area contributed by atoms with E-state index in [0.29, 0.717) is 12.3 Å². The number of halogens is 3.